The number of hydrogen-bond acceptors (Lipinski definition) is 5. The third-order valence-electron chi connectivity index (χ3n) is 9.28. The highest BCUT2D eigenvalue weighted by Gasteiger charge is 2.40. The van der Waals surface area contributed by atoms with Crippen molar-refractivity contribution in [1.29, 1.82) is 0 Å². The van der Waals surface area contributed by atoms with Gasteiger partial charge in [-0.05, 0) is 93.5 Å². The number of aryl methyl sites for hydroxylation is 1. The molecule has 1 heterocycles. The summed E-state index contributed by atoms with van der Waals surface area (Å²) in [4.78, 5) is 42.3. The van der Waals surface area contributed by atoms with Crippen LogP contribution in [0.25, 0.3) is 0 Å². The van der Waals surface area contributed by atoms with Crippen LogP contribution in [-0.4, -0.2) is 60.8 Å². The number of halogens is 1. The molecule has 2 N–H and O–H groups in total. The molecule has 2 amide bonds. The molecule has 0 saturated heterocycles. The van der Waals surface area contributed by atoms with Crippen molar-refractivity contribution in [1.82, 2.24) is 15.5 Å². The Morgan fingerprint density at radius 2 is 1.65 bits per heavy atom. The first-order valence-corrected chi connectivity index (χ1v) is 15.9. The lowest BCUT2D eigenvalue weighted by Gasteiger charge is -2.31. The van der Waals surface area contributed by atoms with Crippen LogP contribution in [0.5, 0.6) is 5.75 Å². The Morgan fingerprint density at radius 1 is 0.953 bits per heavy atom. The van der Waals surface area contributed by atoms with E-state index in [1.165, 1.54) is 12.1 Å². The Labute approximate surface area is 255 Å². The Hall–Kier alpha value is -3.26. The molecule has 2 aromatic carbocycles. The highest BCUT2D eigenvalue weighted by Crippen LogP contribution is 2.34. The van der Waals surface area contributed by atoms with Gasteiger partial charge in [-0.2, -0.15) is 0 Å². The zero-order chi connectivity index (χ0) is 31.1. The highest BCUT2D eigenvalue weighted by atomic mass is 19.1. The summed E-state index contributed by atoms with van der Waals surface area (Å²) >= 11 is 0. The van der Waals surface area contributed by atoms with Crippen LogP contribution in [0.3, 0.4) is 0 Å². The molecule has 1 fully saturated rings. The van der Waals surface area contributed by atoms with E-state index in [2.05, 4.69) is 10.6 Å². The van der Waals surface area contributed by atoms with Gasteiger partial charge in [0.25, 0.3) is 0 Å². The highest BCUT2D eigenvalue weighted by molar-refractivity contribution is 5.92. The number of ether oxygens (including phenoxy) is 1. The van der Waals surface area contributed by atoms with Crippen LogP contribution in [-0.2, 0) is 20.8 Å². The van der Waals surface area contributed by atoms with E-state index < -0.39 is 6.04 Å². The van der Waals surface area contributed by atoms with Gasteiger partial charge in [-0.1, -0.05) is 44.2 Å². The quantitative estimate of drug-likeness (QED) is 0.506. The van der Waals surface area contributed by atoms with Gasteiger partial charge < -0.3 is 20.3 Å². The number of hydrogen-bond donors (Lipinski definition) is 2. The average molecular weight is 594 g/mol. The van der Waals surface area contributed by atoms with Crippen LogP contribution in [0, 0.1) is 23.6 Å². The maximum absolute atomic E-state index is 13.6. The number of amides is 2. The van der Waals surface area contributed by atoms with E-state index in [1.54, 1.807) is 31.0 Å². The van der Waals surface area contributed by atoms with Crippen molar-refractivity contribution in [3.8, 4) is 5.75 Å². The van der Waals surface area contributed by atoms with Gasteiger partial charge >= 0.3 is 0 Å². The number of fused-ring (bicyclic) bond motifs is 1. The van der Waals surface area contributed by atoms with E-state index in [0.29, 0.717) is 25.9 Å². The Bertz CT molecular complexity index is 1250. The van der Waals surface area contributed by atoms with E-state index in [-0.39, 0.29) is 59.2 Å². The van der Waals surface area contributed by atoms with Crippen LogP contribution >= 0.6 is 0 Å². The predicted octanol–water partition coefficient (Wildman–Crippen LogP) is 5.28. The molecule has 2 aromatic rings. The van der Waals surface area contributed by atoms with Gasteiger partial charge in [0.05, 0.1) is 12.1 Å². The van der Waals surface area contributed by atoms with E-state index in [1.807, 2.05) is 45.0 Å². The first-order chi connectivity index (χ1) is 20.6. The fraction of sp³-hybridized carbons (Fsp3) is 0.571. The largest absolute Gasteiger partial charge is 0.489 e. The fourth-order valence-electron chi connectivity index (χ4n) is 6.07. The molecule has 2 unspecified atom stereocenters. The minimum Gasteiger partial charge on any atom is -0.489 e. The third kappa shape index (κ3) is 8.65. The van der Waals surface area contributed by atoms with Crippen molar-refractivity contribution < 1.29 is 23.5 Å². The number of carbonyl (C=O) groups is 3. The topological polar surface area (TPSA) is 87.7 Å². The molecule has 8 heteroatoms. The number of Topliss-reactive ketones (excluding diaryl/α,β-unsaturated/α-hetero) is 1. The zero-order valence-corrected chi connectivity index (χ0v) is 26.3. The molecule has 1 aliphatic heterocycles. The number of likely N-dealkylation sites (N-methyl/N-ethyl adjacent to an activating group) is 1. The minimum atomic E-state index is -0.585. The van der Waals surface area contributed by atoms with Gasteiger partial charge in [0.1, 0.15) is 17.7 Å². The molecule has 4 rings (SSSR count). The maximum atomic E-state index is 13.6. The fourth-order valence-corrected chi connectivity index (χ4v) is 6.07. The van der Waals surface area contributed by atoms with Gasteiger partial charge in [0.15, 0.2) is 5.78 Å². The van der Waals surface area contributed by atoms with Crippen LogP contribution in [0.2, 0.25) is 0 Å². The Balaban J connectivity index is 1.57. The zero-order valence-electron chi connectivity index (χ0n) is 26.3. The van der Waals surface area contributed by atoms with E-state index >= 15 is 0 Å². The molecule has 1 aliphatic carbocycles. The number of carbonyl (C=O) groups excluding carboxylic acids is 3. The molecule has 7 nitrogen and oxygen atoms in total. The maximum Gasteiger partial charge on any atom is 0.240 e. The SMILES string of the molecule is CC1CC[C@H](C(C)c2ccc(F)cc2)C(=O)NCCCc2ccccc2O[C@H](C)CN[C@@H](C2CC2)C(=O)N(C)[C@H](C)C1=O. The Kier molecular flexibility index (Phi) is 11.4. The van der Waals surface area contributed by atoms with Crippen LogP contribution in [0.4, 0.5) is 4.39 Å². The first-order valence-electron chi connectivity index (χ1n) is 15.9. The number of ketones is 1. The van der Waals surface area contributed by atoms with Crippen molar-refractivity contribution in [2.75, 3.05) is 20.1 Å². The smallest absolute Gasteiger partial charge is 0.240 e. The predicted molar refractivity (Wildman–Crippen MR) is 166 cm³/mol. The van der Waals surface area contributed by atoms with E-state index in [4.69, 9.17) is 4.74 Å². The van der Waals surface area contributed by atoms with E-state index in [9.17, 15) is 18.8 Å². The lowest BCUT2D eigenvalue weighted by atomic mass is 9.81. The number of nitrogens with zero attached hydrogens (tertiary/aromatic N) is 1. The lowest BCUT2D eigenvalue weighted by molar-refractivity contribution is -0.141. The molecule has 0 radical (unpaired) electrons. The molecule has 234 valence electrons. The van der Waals surface area contributed by atoms with Crippen LogP contribution in [0.15, 0.2) is 48.5 Å². The molecular weight excluding hydrogens is 545 g/mol. The molecule has 2 aliphatic rings. The van der Waals surface area contributed by atoms with Crippen LogP contribution in [0.1, 0.15) is 76.8 Å². The second-order valence-electron chi connectivity index (χ2n) is 12.6. The number of nitrogens with one attached hydrogen (secondary N) is 2. The molecule has 1 saturated carbocycles. The lowest BCUT2D eigenvalue weighted by Crippen LogP contribution is -2.53. The van der Waals surface area contributed by atoms with Crippen molar-refractivity contribution in [2.24, 2.45) is 17.8 Å². The van der Waals surface area contributed by atoms with Crippen LogP contribution < -0.4 is 15.4 Å². The second kappa shape index (κ2) is 15.0. The minimum absolute atomic E-state index is 0.0123. The van der Waals surface area contributed by atoms with Gasteiger partial charge in [-0.15, -0.1) is 0 Å². The summed E-state index contributed by atoms with van der Waals surface area (Å²) < 4.78 is 19.9. The van der Waals surface area contributed by atoms with Crippen molar-refractivity contribution in [3.63, 3.8) is 0 Å². The van der Waals surface area contributed by atoms with Gasteiger partial charge in [-0.25, -0.2) is 4.39 Å². The van der Waals surface area contributed by atoms with Gasteiger partial charge in [-0.3, -0.25) is 14.4 Å². The summed E-state index contributed by atoms with van der Waals surface area (Å²) in [5, 5.41) is 6.58. The Morgan fingerprint density at radius 3 is 2.35 bits per heavy atom. The van der Waals surface area contributed by atoms with Crippen molar-refractivity contribution >= 4 is 17.6 Å². The van der Waals surface area contributed by atoms with Gasteiger partial charge in [0.2, 0.25) is 11.8 Å². The third-order valence-corrected chi connectivity index (χ3v) is 9.28. The monoisotopic (exact) mass is 593 g/mol. The first kappa shape index (κ1) is 32.6. The number of rotatable bonds is 3. The second-order valence-corrected chi connectivity index (χ2v) is 12.6. The molecular formula is C35H48FN3O4. The van der Waals surface area contributed by atoms with Crippen molar-refractivity contribution in [3.05, 3.63) is 65.5 Å². The summed E-state index contributed by atoms with van der Waals surface area (Å²) in [7, 11) is 1.71. The summed E-state index contributed by atoms with van der Waals surface area (Å²) in [6, 6.07) is 13.3. The molecule has 0 spiro atoms. The number of para-hydroxylation sites is 1. The van der Waals surface area contributed by atoms with Crippen molar-refractivity contribution in [2.45, 2.75) is 90.3 Å². The molecule has 0 bridgehead atoms. The van der Waals surface area contributed by atoms with E-state index in [0.717, 1.165) is 42.6 Å². The molecule has 0 aromatic heterocycles. The normalized spacial score (nSPS) is 27.9. The summed E-state index contributed by atoms with van der Waals surface area (Å²) in [6.45, 7) is 8.67. The van der Waals surface area contributed by atoms with Gasteiger partial charge in [0, 0.05) is 32.0 Å². The summed E-state index contributed by atoms with van der Waals surface area (Å²) in [5.74, 6) is -0.280. The molecule has 43 heavy (non-hydrogen) atoms. The molecule has 6 atom stereocenters. The summed E-state index contributed by atoms with van der Waals surface area (Å²) in [5.41, 5.74) is 1.96. The number of benzene rings is 2. The standard InChI is InChI=1S/C35H48FN3O4/c1-22-12-19-30(24(3)26-15-17-29(36)18-16-26)34(41)37-20-8-10-27-9-6-7-11-31(27)43-23(2)21-38-32(28-13-14-28)35(42)39(5)25(4)33(22)40/h6-7,9,11,15-18,22-25,28,30,32,38H,8,10,12-14,19-21H2,1-5H3,(H,37,41)/t22?,23-,24?,25-,30-,32+/m1/s1. The average Bonchev–Trinajstić information content (AvgIpc) is 3.84. The summed E-state index contributed by atoms with van der Waals surface area (Å²) in [6.07, 6.45) is 4.32.